The summed E-state index contributed by atoms with van der Waals surface area (Å²) in [5.41, 5.74) is 4.53. The minimum absolute atomic E-state index is 0.0173. The smallest absolute Gasteiger partial charge is 0.264 e. The zero-order valence-corrected chi connectivity index (χ0v) is 18.0. The van der Waals surface area contributed by atoms with Gasteiger partial charge in [-0.25, -0.2) is 22.3 Å². The Kier molecular flexibility index (Phi) is 6.71. The number of rotatable bonds is 8. The van der Waals surface area contributed by atoms with Crippen LogP contribution in [0.4, 0.5) is 5.69 Å². The number of amides is 1. The number of sulfone groups is 1. The zero-order valence-electron chi connectivity index (χ0n) is 16.3. The van der Waals surface area contributed by atoms with Gasteiger partial charge in [0.15, 0.2) is 9.84 Å². The first-order valence-corrected chi connectivity index (χ1v) is 12.5. The molecule has 29 heavy (non-hydrogen) atoms. The quantitative estimate of drug-likeness (QED) is 0.425. The normalized spacial score (nSPS) is 14.1. The third kappa shape index (κ3) is 5.78. The molecule has 0 aliphatic heterocycles. The molecule has 1 atom stereocenters. The molecule has 0 heterocycles. The standard InChI is InChI=1S/C19H24N2O6S2/c1-19(18(22)20-23,28(2,24)25)13-12-14-4-6-15(7-5-14)16-8-10-17(11-9-16)21-29(3,26)27/h4-11,21,23H,12-13H2,1-3H3,(H,20,22)/t19-/m1/s1. The second-order valence-electron chi connectivity index (χ2n) is 7.09. The summed E-state index contributed by atoms with van der Waals surface area (Å²) in [6.07, 6.45) is 2.39. The molecule has 0 bridgehead atoms. The van der Waals surface area contributed by atoms with E-state index < -0.39 is 30.5 Å². The molecule has 0 aliphatic rings. The first kappa shape index (κ1) is 22.9. The Hall–Kier alpha value is -2.43. The SMILES string of the molecule is C[C@@](CCc1ccc(-c2ccc(NS(C)(=O)=O)cc2)cc1)(C(=O)NO)S(C)(=O)=O. The summed E-state index contributed by atoms with van der Waals surface area (Å²) >= 11 is 0. The van der Waals surface area contributed by atoms with Crippen molar-refractivity contribution in [2.45, 2.75) is 24.5 Å². The highest BCUT2D eigenvalue weighted by Gasteiger charge is 2.43. The van der Waals surface area contributed by atoms with Gasteiger partial charge in [-0.2, -0.15) is 0 Å². The van der Waals surface area contributed by atoms with Crippen LogP contribution in [0.3, 0.4) is 0 Å². The number of anilines is 1. The zero-order chi connectivity index (χ0) is 21.9. The fourth-order valence-electron chi connectivity index (χ4n) is 2.78. The van der Waals surface area contributed by atoms with Crippen LogP contribution < -0.4 is 10.2 Å². The van der Waals surface area contributed by atoms with Crippen LogP contribution in [-0.4, -0.2) is 45.2 Å². The second-order valence-corrected chi connectivity index (χ2v) is 11.3. The molecule has 0 spiro atoms. The van der Waals surface area contributed by atoms with Crippen molar-refractivity contribution in [1.82, 2.24) is 5.48 Å². The minimum atomic E-state index is -3.74. The van der Waals surface area contributed by atoms with E-state index in [1.807, 2.05) is 24.3 Å². The topological polar surface area (TPSA) is 130 Å². The Morgan fingerprint density at radius 3 is 1.83 bits per heavy atom. The summed E-state index contributed by atoms with van der Waals surface area (Å²) in [5, 5.41) is 8.87. The fourth-order valence-corrected chi connectivity index (χ4v) is 4.20. The van der Waals surface area contributed by atoms with Crippen molar-refractivity contribution in [3.05, 3.63) is 54.1 Å². The largest absolute Gasteiger partial charge is 0.289 e. The molecule has 3 N–H and O–H groups in total. The van der Waals surface area contributed by atoms with Gasteiger partial charge >= 0.3 is 0 Å². The average Bonchev–Trinajstić information content (AvgIpc) is 2.64. The molecule has 2 rings (SSSR count). The van der Waals surface area contributed by atoms with E-state index in [1.165, 1.54) is 12.4 Å². The van der Waals surface area contributed by atoms with Gasteiger partial charge < -0.3 is 0 Å². The van der Waals surface area contributed by atoms with E-state index in [0.717, 1.165) is 29.2 Å². The van der Waals surface area contributed by atoms with Crippen molar-refractivity contribution in [1.29, 1.82) is 0 Å². The summed E-state index contributed by atoms with van der Waals surface area (Å²) in [4.78, 5) is 11.9. The molecule has 2 aromatic rings. The van der Waals surface area contributed by atoms with Gasteiger partial charge in [0, 0.05) is 11.9 Å². The minimum Gasteiger partial charge on any atom is -0.289 e. The van der Waals surface area contributed by atoms with E-state index in [4.69, 9.17) is 5.21 Å². The van der Waals surface area contributed by atoms with Crippen LogP contribution in [0.2, 0.25) is 0 Å². The van der Waals surface area contributed by atoms with Gasteiger partial charge in [0.05, 0.1) is 6.26 Å². The van der Waals surface area contributed by atoms with E-state index >= 15 is 0 Å². The summed E-state index contributed by atoms with van der Waals surface area (Å²) in [6, 6.07) is 14.3. The van der Waals surface area contributed by atoms with E-state index in [2.05, 4.69) is 4.72 Å². The van der Waals surface area contributed by atoms with Crippen LogP contribution in [0.5, 0.6) is 0 Å². The molecular formula is C19H24N2O6S2. The van der Waals surface area contributed by atoms with Gasteiger partial charge in [-0.15, -0.1) is 0 Å². The van der Waals surface area contributed by atoms with Gasteiger partial charge in [0.1, 0.15) is 4.75 Å². The van der Waals surface area contributed by atoms with Crippen LogP contribution in [0.25, 0.3) is 11.1 Å². The highest BCUT2D eigenvalue weighted by molar-refractivity contribution is 7.93. The predicted octanol–water partition coefficient (Wildman–Crippen LogP) is 1.97. The molecule has 0 aromatic heterocycles. The van der Waals surface area contributed by atoms with Gasteiger partial charge in [-0.05, 0) is 48.6 Å². The van der Waals surface area contributed by atoms with Crippen molar-refractivity contribution >= 4 is 31.5 Å². The molecule has 0 fully saturated rings. The van der Waals surface area contributed by atoms with Gasteiger partial charge in [0.2, 0.25) is 10.0 Å². The molecule has 2 aromatic carbocycles. The Bertz CT molecular complexity index is 1080. The number of aryl methyl sites for hydroxylation is 1. The number of benzene rings is 2. The summed E-state index contributed by atoms with van der Waals surface area (Å²) < 4.78 is 47.2. The van der Waals surface area contributed by atoms with Crippen molar-refractivity contribution in [2.24, 2.45) is 0 Å². The highest BCUT2D eigenvalue weighted by atomic mass is 32.2. The highest BCUT2D eigenvalue weighted by Crippen LogP contribution is 2.26. The Balaban J connectivity index is 2.13. The third-order valence-corrected chi connectivity index (χ3v) is 7.40. The lowest BCUT2D eigenvalue weighted by Gasteiger charge is -2.25. The summed E-state index contributed by atoms with van der Waals surface area (Å²) in [6.45, 7) is 1.29. The lowest BCUT2D eigenvalue weighted by atomic mass is 9.97. The second kappa shape index (κ2) is 8.52. The van der Waals surface area contributed by atoms with Crippen molar-refractivity contribution in [3.63, 3.8) is 0 Å². The summed E-state index contributed by atoms with van der Waals surface area (Å²) in [7, 11) is -7.07. The van der Waals surface area contributed by atoms with Crippen LogP contribution in [0.1, 0.15) is 18.9 Å². The molecular weight excluding hydrogens is 416 g/mol. The van der Waals surface area contributed by atoms with E-state index in [0.29, 0.717) is 12.1 Å². The van der Waals surface area contributed by atoms with Gasteiger partial charge in [-0.3, -0.25) is 14.7 Å². The van der Waals surface area contributed by atoms with Gasteiger partial charge in [-0.1, -0.05) is 36.4 Å². The number of carbonyl (C=O) groups is 1. The first-order valence-electron chi connectivity index (χ1n) is 8.67. The first-order chi connectivity index (χ1) is 13.4. The lowest BCUT2D eigenvalue weighted by Crippen LogP contribution is -2.49. The number of hydrogen-bond donors (Lipinski definition) is 3. The Morgan fingerprint density at radius 2 is 1.41 bits per heavy atom. The van der Waals surface area contributed by atoms with Crippen molar-refractivity contribution in [2.75, 3.05) is 17.2 Å². The van der Waals surface area contributed by atoms with E-state index in [-0.39, 0.29) is 6.42 Å². The number of sulfonamides is 1. The maximum absolute atomic E-state index is 12.0. The lowest BCUT2D eigenvalue weighted by molar-refractivity contribution is -0.131. The van der Waals surface area contributed by atoms with E-state index in [1.54, 1.807) is 24.3 Å². The summed E-state index contributed by atoms with van der Waals surface area (Å²) in [5.74, 6) is -0.959. The van der Waals surface area contributed by atoms with E-state index in [9.17, 15) is 21.6 Å². The molecule has 0 aliphatic carbocycles. The molecule has 0 radical (unpaired) electrons. The van der Waals surface area contributed by atoms with Crippen molar-refractivity contribution < 1.29 is 26.8 Å². The molecule has 10 heteroatoms. The number of hydroxylamine groups is 1. The molecule has 8 nitrogen and oxygen atoms in total. The maximum Gasteiger partial charge on any atom is 0.264 e. The third-order valence-electron chi connectivity index (χ3n) is 4.77. The number of carbonyl (C=O) groups excluding carboxylic acids is 1. The predicted molar refractivity (Wildman–Crippen MR) is 112 cm³/mol. The average molecular weight is 441 g/mol. The van der Waals surface area contributed by atoms with Crippen LogP contribution in [-0.2, 0) is 31.1 Å². The molecule has 1 amide bonds. The molecule has 158 valence electrons. The van der Waals surface area contributed by atoms with Crippen LogP contribution in [0, 0.1) is 0 Å². The molecule has 0 saturated carbocycles. The number of nitrogens with one attached hydrogen (secondary N) is 2. The van der Waals surface area contributed by atoms with Crippen LogP contribution >= 0.6 is 0 Å². The van der Waals surface area contributed by atoms with Crippen molar-refractivity contribution in [3.8, 4) is 11.1 Å². The fraction of sp³-hybridized carbons (Fsp3) is 0.316. The maximum atomic E-state index is 12.0. The van der Waals surface area contributed by atoms with Crippen LogP contribution in [0.15, 0.2) is 48.5 Å². The Labute approximate surface area is 170 Å². The molecule has 0 saturated heterocycles. The number of hydrogen-bond acceptors (Lipinski definition) is 6. The van der Waals surface area contributed by atoms with Gasteiger partial charge in [0.25, 0.3) is 5.91 Å². The monoisotopic (exact) mass is 440 g/mol. The Morgan fingerprint density at radius 1 is 0.931 bits per heavy atom. The molecule has 0 unspecified atom stereocenters.